The van der Waals surface area contributed by atoms with Gasteiger partial charge in [0.1, 0.15) is 0 Å². The molecule has 0 saturated heterocycles. The molecule has 0 aliphatic rings. The van der Waals surface area contributed by atoms with E-state index in [0.29, 0.717) is 0 Å². The Hall–Kier alpha value is -1.04. The highest BCUT2D eigenvalue weighted by molar-refractivity contribution is 7.83. The average Bonchev–Trinajstić information content (AvgIpc) is 2.28. The monoisotopic (exact) mass is 362 g/mol. The van der Waals surface area contributed by atoms with E-state index in [1.54, 1.807) is 0 Å². The van der Waals surface area contributed by atoms with Crippen molar-refractivity contribution in [2.24, 2.45) is 0 Å². The van der Waals surface area contributed by atoms with E-state index >= 15 is 0 Å². The second-order valence-electron chi connectivity index (χ2n) is 3.32. The van der Waals surface area contributed by atoms with E-state index in [2.05, 4.69) is 9.50 Å². The van der Waals surface area contributed by atoms with Gasteiger partial charge in [-0.15, -0.1) is 0 Å². The number of nitrogen functional groups attached to an aromatic ring is 1. The van der Waals surface area contributed by atoms with Crippen molar-refractivity contribution in [2.75, 3.05) is 17.6 Å². The molecular weight excluding hydrogens is 355 g/mol. The number of nitrogens with one attached hydrogen (secondary N) is 1. The first-order chi connectivity index (χ1) is 9.10. The Balaban J connectivity index is 2.96. The van der Waals surface area contributed by atoms with Crippen molar-refractivity contribution in [1.29, 1.82) is 0 Å². The molecule has 1 rings (SSSR count). The molecule has 0 spiro atoms. The zero-order valence-corrected chi connectivity index (χ0v) is 12.6. The third-order valence-corrected chi connectivity index (χ3v) is 3.65. The summed E-state index contributed by atoms with van der Waals surface area (Å²) in [5.41, 5.74) is 5.91. The van der Waals surface area contributed by atoms with E-state index < -0.39 is 32.3 Å². The minimum Gasteiger partial charge on any atom is -0.397 e. The zero-order chi connectivity index (χ0) is 15.5. The van der Waals surface area contributed by atoms with E-state index in [0.717, 1.165) is 0 Å². The van der Waals surface area contributed by atoms with Gasteiger partial charge in [-0.3, -0.25) is 4.55 Å². The molecule has 0 atom stereocenters. The summed E-state index contributed by atoms with van der Waals surface area (Å²) in [6.45, 7) is -0.574. The van der Waals surface area contributed by atoms with Crippen LogP contribution in [0.2, 0.25) is 10.0 Å². The molecule has 0 fully saturated rings. The SMILES string of the molecule is Nc1cc(Cl)c(NCC(OS(=O)(=O)O)=S(=O)=O)cc1Cl. The minimum absolute atomic E-state index is 0.134. The summed E-state index contributed by atoms with van der Waals surface area (Å²) >= 11 is 11.6. The quantitative estimate of drug-likeness (QED) is 0.406. The molecule has 0 unspecified atom stereocenters. The maximum atomic E-state index is 10.7. The predicted molar refractivity (Wildman–Crippen MR) is 75.9 cm³/mol. The normalized spacial score (nSPS) is 11.2. The number of benzene rings is 1. The number of hydrogen-bond acceptors (Lipinski definition) is 7. The molecule has 0 aliphatic heterocycles. The Kier molecular flexibility index (Phi) is 5.62. The summed E-state index contributed by atoms with van der Waals surface area (Å²) in [6.07, 6.45) is 0. The van der Waals surface area contributed by atoms with Crippen LogP contribution in [0.4, 0.5) is 11.4 Å². The fourth-order valence-corrected chi connectivity index (χ4v) is 2.47. The molecule has 1 aromatic rings. The highest BCUT2D eigenvalue weighted by Crippen LogP contribution is 2.30. The van der Waals surface area contributed by atoms with E-state index in [1.165, 1.54) is 12.1 Å². The first kappa shape index (κ1) is 17.0. The lowest BCUT2D eigenvalue weighted by atomic mass is 10.3. The maximum absolute atomic E-state index is 10.7. The van der Waals surface area contributed by atoms with Gasteiger partial charge in [-0.05, 0) is 12.1 Å². The summed E-state index contributed by atoms with van der Waals surface area (Å²) < 4.78 is 54.8. The lowest BCUT2D eigenvalue weighted by molar-refractivity contribution is 0.383. The van der Waals surface area contributed by atoms with Gasteiger partial charge in [-0.25, -0.2) is 0 Å². The van der Waals surface area contributed by atoms with Gasteiger partial charge in [-0.2, -0.15) is 21.0 Å². The molecular formula is C8H8Cl2N2O6S2. The zero-order valence-electron chi connectivity index (χ0n) is 9.50. The molecule has 1 aromatic carbocycles. The van der Waals surface area contributed by atoms with Crippen LogP contribution in [-0.2, 0) is 24.9 Å². The van der Waals surface area contributed by atoms with Crippen LogP contribution in [0.25, 0.3) is 0 Å². The molecule has 0 heterocycles. The van der Waals surface area contributed by atoms with Crippen molar-refractivity contribution in [1.82, 2.24) is 0 Å². The van der Waals surface area contributed by atoms with Crippen LogP contribution >= 0.6 is 23.2 Å². The molecule has 20 heavy (non-hydrogen) atoms. The first-order valence-corrected chi connectivity index (χ1v) is 7.90. The molecule has 0 bridgehead atoms. The highest BCUT2D eigenvalue weighted by atomic mass is 35.5. The molecule has 0 aromatic heterocycles. The number of hydrogen-bond donors (Lipinski definition) is 3. The van der Waals surface area contributed by atoms with Gasteiger partial charge < -0.3 is 11.1 Å². The van der Waals surface area contributed by atoms with Gasteiger partial charge in [0.2, 0.25) is 15.3 Å². The van der Waals surface area contributed by atoms with Gasteiger partial charge in [0.15, 0.2) is 0 Å². The molecule has 112 valence electrons. The Labute approximate surface area is 125 Å². The van der Waals surface area contributed by atoms with Crippen molar-refractivity contribution in [3.8, 4) is 0 Å². The van der Waals surface area contributed by atoms with Gasteiger partial charge in [-0.1, -0.05) is 23.2 Å². The van der Waals surface area contributed by atoms with E-state index in [-0.39, 0.29) is 21.4 Å². The molecule has 12 heteroatoms. The predicted octanol–water partition coefficient (Wildman–Crippen LogP) is 0.816. The summed E-state index contributed by atoms with van der Waals surface area (Å²) in [5, 5.41) is 1.83. The molecule has 8 nitrogen and oxygen atoms in total. The largest absolute Gasteiger partial charge is 0.403 e. The minimum atomic E-state index is -4.95. The van der Waals surface area contributed by atoms with Crippen LogP contribution in [0.15, 0.2) is 12.1 Å². The fraction of sp³-hybridized carbons (Fsp3) is 0.125. The average molecular weight is 363 g/mol. The number of halogens is 2. The molecule has 0 amide bonds. The Morgan fingerprint density at radius 3 is 2.45 bits per heavy atom. The van der Waals surface area contributed by atoms with Gasteiger partial charge in [0, 0.05) is 0 Å². The third kappa shape index (κ3) is 5.15. The van der Waals surface area contributed by atoms with Crippen molar-refractivity contribution in [3.05, 3.63) is 22.2 Å². The van der Waals surface area contributed by atoms with E-state index in [9.17, 15) is 16.8 Å². The summed E-state index contributed by atoms with van der Waals surface area (Å²) in [5.74, 6) is 0. The van der Waals surface area contributed by atoms with Crippen molar-refractivity contribution < 1.29 is 25.6 Å². The number of anilines is 2. The number of nitrogens with two attached hydrogens (primary N) is 1. The molecule has 0 aliphatic carbocycles. The first-order valence-electron chi connectivity index (χ1n) is 4.70. The van der Waals surface area contributed by atoms with Crippen molar-refractivity contribution >= 4 is 60.3 Å². The maximum Gasteiger partial charge on any atom is 0.403 e. The summed E-state index contributed by atoms with van der Waals surface area (Å²) in [7, 11) is -7.94. The third-order valence-electron chi connectivity index (χ3n) is 1.89. The van der Waals surface area contributed by atoms with E-state index in [4.69, 9.17) is 33.5 Å². The van der Waals surface area contributed by atoms with Crippen LogP contribution in [0.3, 0.4) is 0 Å². The van der Waals surface area contributed by atoms with Crippen molar-refractivity contribution in [2.45, 2.75) is 0 Å². The molecule has 0 saturated carbocycles. The highest BCUT2D eigenvalue weighted by Gasteiger charge is 2.14. The Morgan fingerprint density at radius 1 is 1.35 bits per heavy atom. The second-order valence-corrected chi connectivity index (χ2v) is 6.09. The summed E-state index contributed by atoms with van der Waals surface area (Å²) in [6, 6.07) is 2.64. The van der Waals surface area contributed by atoms with Crippen LogP contribution in [0.5, 0.6) is 0 Å². The lowest BCUT2D eigenvalue weighted by Crippen LogP contribution is -2.21. The summed E-state index contributed by atoms with van der Waals surface area (Å²) in [4.78, 5) is 0. The fourth-order valence-electron chi connectivity index (χ4n) is 1.10. The van der Waals surface area contributed by atoms with E-state index in [1.807, 2.05) is 0 Å². The van der Waals surface area contributed by atoms with Crippen LogP contribution in [0, 0.1) is 0 Å². The Morgan fingerprint density at radius 2 is 1.95 bits per heavy atom. The standard InChI is InChI=1S/C8H8Cl2N2O6S2/c9-4-2-7(5(10)1-6(4)11)12-3-8(19(13)14)18-20(15,16)17/h1-2,12H,3,11H2,(H,15,16,17). The lowest BCUT2D eigenvalue weighted by Gasteiger charge is -2.09. The molecule has 4 N–H and O–H groups in total. The Bertz CT molecular complexity index is 751. The second kappa shape index (κ2) is 6.61. The van der Waals surface area contributed by atoms with Crippen LogP contribution in [-0.4, -0.2) is 33.0 Å². The van der Waals surface area contributed by atoms with Gasteiger partial charge >= 0.3 is 10.4 Å². The number of rotatable bonds is 4. The van der Waals surface area contributed by atoms with Crippen LogP contribution < -0.4 is 11.1 Å². The van der Waals surface area contributed by atoms with Crippen LogP contribution in [0.1, 0.15) is 0 Å². The smallest absolute Gasteiger partial charge is 0.397 e. The topological polar surface area (TPSA) is 136 Å². The molecule has 0 radical (unpaired) electrons. The van der Waals surface area contributed by atoms with Gasteiger partial charge in [0.25, 0.3) is 0 Å². The van der Waals surface area contributed by atoms with Crippen molar-refractivity contribution in [3.63, 3.8) is 0 Å². The van der Waals surface area contributed by atoms with Gasteiger partial charge in [0.05, 0.1) is 28.0 Å².